The van der Waals surface area contributed by atoms with Crippen LogP contribution in [0.2, 0.25) is 0 Å². The molecule has 1 aliphatic rings. The van der Waals surface area contributed by atoms with Crippen molar-refractivity contribution in [1.82, 2.24) is 5.32 Å². The molecule has 0 radical (unpaired) electrons. The molecule has 2 rings (SSSR count). The molecule has 0 saturated carbocycles. The number of halogens is 1. The van der Waals surface area contributed by atoms with E-state index in [-0.39, 0.29) is 0 Å². The Morgan fingerprint density at radius 2 is 2.43 bits per heavy atom. The van der Waals surface area contributed by atoms with Crippen molar-refractivity contribution >= 4 is 39.0 Å². The van der Waals surface area contributed by atoms with Crippen LogP contribution < -0.4 is 5.32 Å². The van der Waals surface area contributed by atoms with Gasteiger partial charge in [-0.2, -0.15) is 11.8 Å². The second-order valence-corrected chi connectivity index (χ2v) is 6.61. The highest BCUT2D eigenvalue weighted by Gasteiger charge is 2.26. The summed E-state index contributed by atoms with van der Waals surface area (Å²) in [6.45, 7) is 0. The van der Waals surface area contributed by atoms with E-state index in [0.29, 0.717) is 6.04 Å². The molecular formula is C10H14BrNS2. The van der Waals surface area contributed by atoms with Gasteiger partial charge in [0.15, 0.2) is 0 Å². The Labute approximate surface area is 102 Å². The molecule has 0 spiro atoms. The van der Waals surface area contributed by atoms with Crippen LogP contribution in [0.1, 0.15) is 4.88 Å². The van der Waals surface area contributed by atoms with Gasteiger partial charge in [-0.05, 0) is 47.1 Å². The van der Waals surface area contributed by atoms with Crippen molar-refractivity contribution < 1.29 is 0 Å². The zero-order chi connectivity index (χ0) is 9.97. The van der Waals surface area contributed by atoms with Crippen molar-refractivity contribution in [2.24, 2.45) is 5.92 Å². The van der Waals surface area contributed by atoms with Crippen molar-refractivity contribution in [2.45, 2.75) is 12.5 Å². The van der Waals surface area contributed by atoms with E-state index >= 15 is 0 Å². The molecule has 2 atom stereocenters. The highest BCUT2D eigenvalue weighted by molar-refractivity contribution is 9.10. The van der Waals surface area contributed by atoms with Crippen LogP contribution in [0.3, 0.4) is 0 Å². The highest BCUT2D eigenvalue weighted by Crippen LogP contribution is 2.30. The maximum Gasteiger partial charge on any atom is 0.0285 e. The third kappa shape index (κ3) is 2.54. The van der Waals surface area contributed by atoms with Gasteiger partial charge in [-0.25, -0.2) is 0 Å². The summed E-state index contributed by atoms with van der Waals surface area (Å²) >= 11 is 7.44. The number of thioether (sulfide) groups is 1. The molecule has 1 aromatic rings. The fourth-order valence-corrected chi connectivity index (χ4v) is 4.87. The molecule has 2 heterocycles. The third-order valence-electron chi connectivity index (χ3n) is 2.65. The van der Waals surface area contributed by atoms with Gasteiger partial charge in [0.1, 0.15) is 0 Å². The molecule has 78 valence electrons. The Hall–Kier alpha value is 0.490. The normalized spacial score (nSPS) is 27.0. The fourth-order valence-electron chi connectivity index (χ4n) is 1.84. The highest BCUT2D eigenvalue weighted by atomic mass is 79.9. The summed E-state index contributed by atoms with van der Waals surface area (Å²) in [6.07, 6.45) is 1.23. The first-order valence-corrected chi connectivity index (χ1v) is 7.60. The Balaban J connectivity index is 1.96. The Morgan fingerprint density at radius 3 is 3.07 bits per heavy atom. The average Bonchev–Trinajstić information content (AvgIpc) is 2.76. The Bertz CT molecular complexity index is 300. The predicted molar refractivity (Wildman–Crippen MR) is 69.4 cm³/mol. The summed E-state index contributed by atoms with van der Waals surface area (Å²) in [4.78, 5) is 1.50. The molecular weight excluding hydrogens is 278 g/mol. The van der Waals surface area contributed by atoms with Gasteiger partial charge < -0.3 is 5.32 Å². The number of rotatable bonds is 3. The lowest BCUT2D eigenvalue weighted by Gasteiger charge is -2.16. The van der Waals surface area contributed by atoms with Crippen LogP contribution >= 0.6 is 39.0 Å². The minimum Gasteiger partial charge on any atom is -0.316 e. The van der Waals surface area contributed by atoms with Gasteiger partial charge in [0.2, 0.25) is 0 Å². The van der Waals surface area contributed by atoms with Crippen LogP contribution in [-0.2, 0) is 6.42 Å². The zero-order valence-corrected chi connectivity index (χ0v) is 11.3. The molecule has 0 aliphatic carbocycles. The Kier molecular flexibility index (Phi) is 3.93. The first-order valence-electron chi connectivity index (χ1n) is 4.77. The monoisotopic (exact) mass is 291 g/mol. The summed E-state index contributed by atoms with van der Waals surface area (Å²) in [5, 5.41) is 5.59. The molecule has 2 unspecified atom stereocenters. The van der Waals surface area contributed by atoms with Crippen molar-refractivity contribution in [3.05, 3.63) is 20.8 Å². The van der Waals surface area contributed by atoms with Crippen LogP contribution in [0, 0.1) is 5.92 Å². The first-order chi connectivity index (χ1) is 6.79. The van der Waals surface area contributed by atoms with E-state index in [4.69, 9.17) is 0 Å². The lowest BCUT2D eigenvalue weighted by molar-refractivity contribution is 0.456. The van der Waals surface area contributed by atoms with Crippen LogP contribution in [0.15, 0.2) is 15.9 Å². The minimum absolute atomic E-state index is 0.709. The zero-order valence-electron chi connectivity index (χ0n) is 8.13. The van der Waals surface area contributed by atoms with Crippen LogP contribution in [0.5, 0.6) is 0 Å². The second-order valence-electron chi connectivity index (χ2n) is 3.63. The summed E-state index contributed by atoms with van der Waals surface area (Å²) in [6, 6.07) is 2.96. The van der Waals surface area contributed by atoms with Crippen molar-refractivity contribution in [1.29, 1.82) is 0 Å². The van der Waals surface area contributed by atoms with E-state index in [1.165, 1.54) is 27.3 Å². The van der Waals surface area contributed by atoms with Crippen molar-refractivity contribution in [3.63, 3.8) is 0 Å². The SMILES string of the molecule is CNC1CSCC1Cc1cc(Br)cs1. The molecule has 1 nitrogen and oxygen atoms in total. The molecule has 1 saturated heterocycles. The molecule has 1 aliphatic heterocycles. The Morgan fingerprint density at radius 1 is 1.57 bits per heavy atom. The molecule has 1 N–H and O–H groups in total. The van der Waals surface area contributed by atoms with Gasteiger partial charge in [0.25, 0.3) is 0 Å². The maximum absolute atomic E-state index is 3.50. The van der Waals surface area contributed by atoms with E-state index in [1.54, 1.807) is 0 Å². The lowest BCUT2D eigenvalue weighted by Crippen LogP contribution is -2.33. The maximum atomic E-state index is 3.50. The topological polar surface area (TPSA) is 12.0 Å². The number of thiophene rings is 1. The predicted octanol–water partition coefficient (Wildman–Crippen LogP) is 3.00. The van der Waals surface area contributed by atoms with Gasteiger partial charge in [-0.1, -0.05) is 0 Å². The molecule has 0 amide bonds. The third-order valence-corrected chi connectivity index (χ3v) is 5.63. The standard InChI is InChI=1S/C10H14BrNS2/c1-12-10-6-13-4-7(10)2-9-3-8(11)5-14-9/h3,5,7,10,12H,2,4,6H2,1H3. The summed E-state index contributed by atoms with van der Waals surface area (Å²) in [5.74, 6) is 3.39. The summed E-state index contributed by atoms with van der Waals surface area (Å²) in [7, 11) is 2.08. The van der Waals surface area contributed by atoms with E-state index in [0.717, 1.165) is 5.92 Å². The lowest BCUT2D eigenvalue weighted by atomic mass is 9.99. The van der Waals surface area contributed by atoms with Gasteiger partial charge in [0.05, 0.1) is 0 Å². The molecule has 0 bridgehead atoms. The van der Waals surface area contributed by atoms with Crippen LogP contribution in [0.25, 0.3) is 0 Å². The van der Waals surface area contributed by atoms with E-state index in [1.807, 2.05) is 11.3 Å². The fraction of sp³-hybridized carbons (Fsp3) is 0.600. The average molecular weight is 292 g/mol. The van der Waals surface area contributed by atoms with Crippen molar-refractivity contribution in [2.75, 3.05) is 18.6 Å². The van der Waals surface area contributed by atoms with Crippen LogP contribution in [-0.4, -0.2) is 24.6 Å². The number of nitrogens with one attached hydrogen (secondary N) is 1. The molecule has 0 aromatic carbocycles. The van der Waals surface area contributed by atoms with Gasteiger partial charge in [-0.15, -0.1) is 11.3 Å². The summed E-state index contributed by atoms with van der Waals surface area (Å²) < 4.78 is 1.23. The van der Waals surface area contributed by atoms with E-state index < -0.39 is 0 Å². The van der Waals surface area contributed by atoms with Gasteiger partial charge in [0, 0.05) is 26.5 Å². The molecule has 1 fully saturated rings. The summed E-state index contributed by atoms with van der Waals surface area (Å²) in [5.41, 5.74) is 0. The van der Waals surface area contributed by atoms with E-state index in [2.05, 4.69) is 51.5 Å². The molecule has 14 heavy (non-hydrogen) atoms. The number of hydrogen-bond acceptors (Lipinski definition) is 3. The van der Waals surface area contributed by atoms with Gasteiger partial charge in [-0.3, -0.25) is 0 Å². The second kappa shape index (κ2) is 5.01. The van der Waals surface area contributed by atoms with Crippen molar-refractivity contribution in [3.8, 4) is 0 Å². The van der Waals surface area contributed by atoms with E-state index in [9.17, 15) is 0 Å². The number of hydrogen-bond donors (Lipinski definition) is 1. The quantitative estimate of drug-likeness (QED) is 0.919. The first kappa shape index (κ1) is 11.0. The van der Waals surface area contributed by atoms with Crippen LogP contribution in [0.4, 0.5) is 0 Å². The smallest absolute Gasteiger partial charge is 0.0285 e. The largest absolute Gasteiger partial charge is 0.316 e. The molecule has 1 aromatic heterocycles. The van der Waals surface area contributed by atoms with Gasteiger partial charge >= 0.3 is 0 Å². The minimum atomic E-state index is 0.709. The molecule has 4 heteroatoms.